The minimum Gasteiger partial charge on any atom is -0.369 e. The van der Waals surface area contributed by atoms with Crippen LogP contribution in [-0.2, 0) is 4.79 Å². The highest BCUT2D eigenvalue weighted by molar-refractivity contribution is 5.60. The van der Waals surface area contributed by atoms with Crippen LogP contribution in [-0.4, -0.2) is 17.1 Å². The highest BCUT2D eigenvalue weighted by atomic mass is 16.3. The molecule has 1 radical (unpaired) electrons. The van der Waals surface area contributed by atoms with Gasteiger partial charge in [-0.05, 0) is 6.92 Å². The van der Waals surface area contributed by atoms with E-state index in [1.54, 1.807) is 0 Å². The molecular weight excluding hydrogens is 82.0 g/mol. The molecule has 0 aliphatic carbocycles. The molecule has 0 bridgehead atoms. The van der Waals surface area contributed by atoms with Crippen molar-refractivity contribution in [1.29, 1.82) is 0 Å². The first kappa shape index (κ1) is 5.59. The van der Waals surface area contributed by atoms with Crippen LogP contribution in [0.25, 0.3) is 0 Å². The fourth-order valence-corrected chi connectivity index (χ4v) is 0. The molecule has 1 atom stereocenters. The molecule has 0 heterocycles. The van der Waals surface area contributed by atoms with Gasteiger partial charge in [0.25, 0.3) is 0 Å². The van der Waals surface area contributed by atoms with Gasteiger partial charge in [0.1, 0.15) is 0 Å². The number of hydrogen-bond donors (Lipinski definition) is 2. The molecule has 6 heavy (non-hydrogen) atoms. The number of nitrogens with two attached hydrogens (primary N) is 1. The summed E-state index contributed by atoms with van der Waals surface area (Å²) in [7, 11) is 0. The molecule has 0 saturated carbocycles. The van der Waals surface area contributed by atoms with Gasteiger partial charge in [-0.1, -0.05) is 0 Å². The molecule has 0 aliphatic rings. The molecule has 3 N–H and O–H groups in total. The van der Waals surface area contributed by atoms with Crippen molar-refractivity contribution in [2.45, 2.75) is 12.6 Å². The molecule has 3 nitrogen and oxygen atoms in total. The van der Waals surface area contributed by atoms with Gasteiger partial charge in [0, 0.05) is 0 Å². The molecule has 0 spiro atoms. The average molecular weight is 88.1 g/mol. The Hall–Kier alpha value is -0.410. The van der Waals surface area contributed by atoms with E-state index in [-0.39, 0.29) is 0 Å². The molecule has 35 valence electrons. The third kappa shape index (κ3) is 3.59. The predicted molar refractivity (Wildman–Crippen MR) is 20.5 cm³/mol. The zero-order chi connectivity index (χ0) is 5.21. The maximum atomic E-state index is 9.33. The normalized spacial score (nSPS) is 19.2. The van der Waals surface area contributed by atoms with Crippen molar-refractivity contribution in [1.82, 2.24) is 0 Å². The molecule has 0 saturated heterocycles. The molecular formula is C3H6NO2. The molecule has 0 fully saturated rings. The third-order valence-electron chi connectivity index (χ3n) is 0.207. The number of carbonyl (C=O) groups excluding carboxylic acids is 1. The van der Waals surface area contributed by atoms with Crippen molar-refractivity contribution in [2.75, 3.05) is 0 Å². The lowest BCUT2D eigenvalue weighted by molar-refractivity contribution is 0.136. The third-order valence-corrected chi connectivity index (χ3v) is 0.207. The molecule has 3 heteroatoms. The summed E-state index contributed by atoms with van der Waals surface area (Å²) in [5, 5.41) is 8.18. The van der Waals surface area contributed by atoms with Crippen LogP contribution in [0.2, 0.25) is 0 Å². The fraction of sp³-hybridized carbons (Fsp3) is 0.667. The Balaban J connectivity index is 3.45. The van der Waals surface area contributed by atoms with E-state index in [4.69, 9.17) is 5.11 Å². The summed E-state index contributed by atoms with van der Waals surface area (Å²) in [4.78, 5) is 9.33. The lowest BCUT2D eigenvalue weighted by Crippen LogP contribution is -2.36. The van der Waals surface area contributed by atoms with E-state index in [1.807, 2.05) is 0 Å². The second kappa shape index (κ2) is 1.36. The fourth-order valence-electron chi connectivity index (χ4n) is 0. The van der Waals surface area contributed by atoms with Crippen LogP contribution in [0.1, 0.15) is 6.92 Å². The van der Waals surface area contributed by atoms with Gasteiger partial charge < -0.3 is 5.11 Å². The standard InChI is InChI=1S/C3H6NO2/c1-3(4,6)2-5/h6H,4H2,1H3. The summed E-state index contributed by atoms with van der Waals surface area (Å²) in [5.41, 5.74) is 2.90. The molecule has 0 rings (SSSR count). The lowest BCUT2D eigenvalue weighted by atomic mass is 10.3. The zero-order valence-electron chi connectivity index (χ0n) is 3.43. The number of rotatable bonds is 1. The van der Waals surface area contributed by atoms with Crippen LogP contribution in [0.4, 0.5) is 0 Å². The smallest absolute Gasteiger partial charge is 0.248 e. The van der Waals surface area contributed by atoms with Crippen molar-refractivity contribution >= 4 is 6.29 Å². The Kier molecular flexibility index (Phi) is 1.27. The summed E-state index contributed by atoms with van der Waals surface area (Å²) in [5.74, 6) is 0. The summed E-state index contributed by atoms with van der Waals surface area (Å²) in [6.07, 6.45) is 1.19. The first-order valence-corrected chi connectivity index (χ1v) is 1.47. The first-order valence-electron chi connectivity index (χ1n) is 1.47. The Labute approximate surface area is 35.8 Å². The summed E-state index contributed by atoms with van der Waals surface area (Å²) in [6.45, 7) is 1.15. The second-order valence-electron chi connectivity index (χ2n) is 1.25. The summed E-state index contributed by atoms with van der Waals surface area (Å²) < 4.78 is 0. The van der Waals surface area contributed by atoms with E-state index < -0.39 is 5.72 Å². The monoisotopic (exact) mass is 88.0 g/mol. The van der Waals surface area contributed by atoms with Crippen LogP contribution >= 0.6 is 0 Å². The van der Waals surface area contributed by atoms with Crippen molar-refractivity contribution in [3.05, 3.63) is 0 Å². The number of aliphatic hydroxyl groups is 1. The summed E-state index contributed by atoms with van der Waals surface area (Å²) in [6, 6.07) is 0. The van der Waals surface area contributed by atoms with Gasteiger partial charge in [-0.15, -0.1) is 0 Å². The lowest BCUT2D eigenvalue weighted by Gasteiger charge is -2.01. The molecule has 0 amide bonds. The largest absolute Gasteiger partial charge is 0.369 e. The molecule has 0 aromatic heterocycles. The van der Waals surface area contributed by atoms with Gasteiger partial charge in [-0.25, -0.2) is 0 Å². The quantitative estimate of drug-likeness (QED) is 0.394. The molecule has 0 aromatic carbocycles. The topological polar surface area (TPSA) is 63.3 Å². The van der Waals surface area contributed by atoms with Crippen LogP contribution < -0.4 is 5.73 Å². The zero-order valence-corrected chi connectivity index (χ0v) is 3.43. The SMILES string of the molecule is CC(N)(O)[C]=O. The van der Waals surface area contributed by atoms with Crippen molar-refractivity contribution in [3.8, 4) is 0 Å². The second-order valence-corrected chi connectivity index (χ2v) is 1.25. The van der Waals surface area contributed by atoms with Gasteiger partial charge >= 0.3 is 0 Å². The average Bonchev–Trinajstić information content (AvgIpc) is 1.35. The van der Waals surface area contributed by atoms with Crippen LogP contribution in [0.3, 0.4) is 0 Å². The number of hydrogen-bond acceptors (Lipinski definition) is 3. The molecule has 0 aromatic rings. The predicted octanol–water partition coefficient (Wildman–Crippen LogP) is -1.24. The van der Waals surface area contributed by atoms with E-state index in [2.05, 4.69) is 5.73 Å². The van der Waals surface area contributed by atoms with Gasteiger partial charge in [0.15, 0.2) is 5.72 Å². The Bertz CT molecular complexity index is 54.3. The maximum absolute atomic E-state index is 9.33. The maximum Gasteiger partial charge on any atom is 0.248 e. The molecule has 0 aliphatic heterocycles. The van der Waals surface area contributed by atoms with Crippen LogP contribution in [0.15, 0.2) is 0 Å². The highest BCUT2D eigenvalue weighted by Crippen LogP contribution is 1.79. The van der Waals surface area contributed by atoms with Crippen molar-refractivity contribution < 1.29 is 9.90 Å². The van der Waals surface area contributed by atoms with E-state index >= 15 is 0 Å². The van der Waals surface area contributed by atoms with Gasteiger partial charge in [0.2, 0.25) is 6.29 Å². The summed E-state index contributed by atoms with van der Waals surface area (Å²) >= 11 is 0. The van der Waals surface area contributed by atoms with Gasteiger partial charge in [-0.3, -0.25) is 10.5 Å². The van der Waals surface area contributed by atoms with Crippen molar-refractivity contribution in [2.24, 2.45) is 5.73 Å². The minimum absolute atomic E-state index is 1.15. The van der Waals surface area contributed by atoms with E-state index in [9.17, 15) is 4.79 Å². The minimum atomic E-state index is -1.76. The molecule has 1 unspecified atom stereocenters. The first-order chi connectivity index (χ1) is 2.56. The van der Waals surface area contributed by atoms with Crippen LogP contribution in [0, 0.1) is 0 Å². The van der Waals surface area contributed by atoms with E-state index in [1.165, 1.54) is 6.29 Å². The van der Waals surface area contributed by atoms with E-state index in [0.717, 1.165) is 6.92 Å². The Morgan fingerprint density at radius 1 is 2.00 bits per heavy atom. The van der Waals surface area contributed by atoms with Gasteiger partial charge in [-0.2, -0.15) is 0 Å². The Morgan fingerprint density at radius 2 is 2.17 bits per heavy atom. The highest BCUT2D eigenvalue weighted by Gasteiger charge is 2.09. The van der Waals surface area contributed by atoms with E-state index in [0.29, 0.717) is 0 Å². The van der Waals surface area contributed by atoms with Crippen LogP contribution in [0.5, 0.6) is 0 Å². The Morgan fingerprint density at radius 3 is 2.17 bits per heavy atom. The van der Waals surface area contributed by atoms with Gasteiger partial charge in [0.05, 0.1) is 0 Å². The van der Waals surface area contributed by atoms with Crippen molar-refractivity contribution in [3.63, 3.8) is 0 Å².